The highest BCUT2D eigenvalue weighted by molar-refractivity contribution is 6.02. The van der Waals surface area contributed by atoms with Crippen LogP contribution in [0.25, 0.3) is 0 Å². The van der Waals surface area contributed by atoms with E-state index in [9.17, 15) is 4.79 Å². The minimum Gasteiger partial charge on any atom is -0.497 e. The molecule has 0 unspecified atom stereocenters. The normalized spacial score (nSPS) is 18.5. The lowest BCUT2D eigenvalue weighted by molar-refractivity contribution is -0.169. The molecule has 0 radical (unpaired) electrons. The van der Waals surface area contributed by atoms with E-state index in [1.54, 1.807) is 25.3 Å². The minimum atomic E-state index is -0.416. The molecule has 0 bridgehead atoms. The van der Waals surface area contributed by atoms with Crippen molar-refractivity contribution >= 4 is 17.4 Å². The number of nitrogens with one attached hydrogen (secondary N) is 1. The molecule has 2 aliphatic rings. The molecule has 2 aliphatic heterocycles. The van der Waals surface area contributed by atoms with Gasteiger partial charge >= 0.3 is 0 Å². The number of hydrogen-bond acceptors (Lipinski definition) is 7. The minimum absolute atomic E-state index is 0.262. The van der Waals surface area contributed by atoms with Crippen molar-refractivity contribution in [3.05, 3.63) is 42.1 Å². The second-order valence-corrected chi connectivity index (χ2v) is 6.56. The van der Waals surface area contributed by atoms with Crippen LogP contribution in [0.1, 0.15) is 23.3 Å². The van der Waals surface area contributed by atoms with Gasteiger partial charge in [0, 0.05) is 37.7 Å². The van der Waals surface area contributed by atoms with Gasteiger partial charge in [0.2, 0.25) is 0 Å². The summed E-state index contributed by atoms with van der Waals surface area (Å²) in [5, 5.41) is 11.1. The standard InChI is InChI=1S/C19H22N4O4/c1-25-15-4-2-3-14(13-15)20-18(24)16-5-6-17(22-21-16)23-9-7-19(8-10-23)26-11-12-27-19/h2-6,13H,7-12H2,1H3,(H,20,24). The van der Waals surface area contributed by atoms with E-state index in [1.165, 1.54) is 0 Å². The van der Waals surface area contributed by atoms with Crippen molar-refractivity contribution in [2.24, 2.45) is 0 Å². The number of amides is 1. The fourth-order valence-electron chi connectivity index (χ4n) is 3.37. The van der Waals surface area contributed by atoms with E-state index in [0.29, 0.717) is 24.7 Å². The van der Waals surface area contributed by atoms with Crippen LogP contribution in [0.15, 0.2) is 36.4 Å². The lowest BCUT2D eigenvalue weighted by Gasteiger charge is -2.37. The largest absolute Gasteiger partial charge is 0.497 e. The molecular formula is C19H22N4O4. The summed E-state index contributed by atoms with van der Waals surface area (Å²) in [5.41, 5.74) is 0.903. The van der Waals surface area contributed by atoms with Crippen LogP contribution in [0, 0.1) is 0 Å². The third kappa shape index (κ3) is 3.86. The Morgan fingerprint density at radius 3 is 2.59 bits per heavy atom. The van der Waals surface area contributed by atoms with Crippen molar-refractivity contribution in [2.45, 2.75) is 18.6 Å². The van der Waals surface area contributed by atoms with Gasteiger partial charge < -0.3 is 24.4 Å². The summed E-state index contributed by atoms with van der Waals surface area (Å²) in [5.74, 6) is 0.696. The van der Waals surface area contributed by atoms with Gasteiger partial charge in [0.15, 0.2) is 17.3 Å². The van der Waals surface area contributed by atoms with E-state index < -0.39 is 5.79 Å². The molecule has 1 amide bonds. The Labute approximate surface area is 157 Å². The second kappa shape index (κ2) is 7.50. The van der Waals surface area contributed by atoms with E-state index in [1.807, 2.05) is 18.2 Å². The molecule has 8 heteroatoms. The van der Waals surface area contributed by atoms with Crippen molar-refractivity contribution in [3.8, 4) is 5.75 Å². The van der Waals surface area contributed by atoms with E-state index in [0.717, 1.165) is 31.7 Å². The van der Waals surface area contributed by atoms with Gasteiger partial charge in [-0.2, -0.15) is 0 Å². The Balaban J connectivity index is 1.37. The summed E-state index contributed by atoms with van der Waals surface area (Å²) >= 11 is 0. The highest BCUT2D eigenvalue weighted by atomic mass is 16.7. The monoisotopic (exact) mass is 370 g/mol. The topological polar surface area (TPSA) is 85.8 Å². The highest BCUT2D eigenvalue weighted by Crippen LogP contribution is 2.32. The van der Waals surface area contributed by atoms with Gasteiger partial charge in [-0.25, -0.2) is 0 Å². The number of anilines is 2. The molecule has 142 valence electrons. The summed E-state index contributed by atoms with van der Waals surface area (Å²) in [6.45, 7) is 2.89. The zero-order valence-corrected chi connectivity index (χ0v) is 15.2. The van der Waals surface area contributed by atoms with Crippen LogP contribution in [-0.4, -0.2) is 55.3 Å². The first-order chi connectivity index (χ1) is 13.2. The number of benzene rings is 1. The van der Waals surface area contributed by atoms with E-state index >= 15 is 0 Å². The summed E-state index contributed by atoms with van der Waals surface area (Å²) in [4.78, 5) is 14.5. The van der Waals surface area contributed by atoms with Crippen LogP contribution in [0.5, 0.6) is 5.75 Å². The molecule has 2 saturated heterocycles. The Kier molecular flexibility index (Phi) is 4.91. The van der Waals surface area contributed by atoms with Crippen molar-refractivity contribution in [2.75, 3.05) is 43.6 Å². The predicted octanol–water partition coefficient (Wildman–Crippen LogP) is 2.08. The molecule has 2 aromatic rings. The van der Waals surface area contributed by atoms with Crippen LogP contribution < -0.4 is 15.0 Å². The van der Waals surface area contributed by atoms with Crippen LogP contribution in [-0.2, 0) is 9.47 Å². The molecule has 8 nitrogen and oxygen atoms in total. The Hall–Kier alpha value is -2.71. The molecule has 0 atom stereocenters. The van der Waals surface area contributed by atoms with Crippen LogP contribution in [0.2, 0.25) is 0 Å². The first kappa shape index (κ1) is 17.7. The number of piperidine rings is 1. The summed E-state index contributed by atoms with van der Waals surface area (Å²) in [6.07, 6.45) is 1.60. The van der Waals surface area contributed by atoms with Crippen molar-refractivity contribution in [3.63, 3.8) is 0 Å². The fraction of sp³-hybridized carbons (Fsp3) is 0.421. The number of rotatable bonds is 4. The first-order valence-electron chi connectivity index (χ1n) is 8.99. The van der Waals surface area contributed by atoms with Gasteiger partial charge in [-0.05, 0) is 24.3 Å². The maximum atomic E-state index is 12.4. The third-order valence-corrected chi connectivity index (χ3v) is 4.87. The predicted molar refractivity (Wildman–Crippen MR) is 99.1 cm³/mol. The number of methoxy groups -OCH3 is 1. The first-order valence-corrected chi connectivity index (χ1v) is 8.99. The number of aromatic nitrogens is 2. The molecule has 27 heavy (non-hydrogen) atoms. The Bertz CT molecular complexity index is 796. The van der Waals surface area contributed by atoms with Gasteiger partial charge in [0.1, 0.15) is 5.75 Å². The zero-order valence-electron chi connectivity index (χ0n) is 15.2. The average molecular weight is 370 g/mol. The van der Waals surface area contributed by atoms with Gasteiger partial charge in [-0.15, -0.1) is 10.2 Å². The summed E-state index contributed by atoms with van der Waals surface area (Å²) in [7, 11) is 1.58. The number of ether oxygens (including phenoxy) is 3. The number of carbonyl (C=O) groups is 1. The van der Waals surface area contributed by atoms with Gasteiger partial charge in [-0.1, -0.05) is 6.07 Å². The summed E-state index contributed by atoms with van der Waals surface area (Å²) in [6, 6.07) is 10.7. The molecule has 1 aromatic carbocycles. The Morgan fingerprint density at radius 2 is 1.93 bits per heavy atom. The molecule has 1 N–H and O–H groups in total. The molecular weight excluding hydrogens is 348 g/mol. The van der Waals surface area contributed by atoms with Gasteiger partial charge in [0.05, 0.1) is 20.3 Å². The van der Waals surface area contributed by atoms with Crippen molar-refractivity contribution in [1.29, 1.82) is 0 Å². The number of hydrogen-bond donors (Lipinski definition) is 1. The van der Waals surface area contributed by atoms with E-state index in [4.69, 9.17) is 14.2 Å². The fourth-order valence-corrected chi connectivity index (χ4v) is 3.37. The quantitative estimate of drug-likeness (QED) is 0.882. The highest BCUT2D eigenvalue weighted by Gasteiger charge is 2.40. The molecule has 4 rings (SSSR count). The van der Waals surface area contributed by atoms with Crippen LogP contribution in [0.3, 0.4) is 0 Å². The molecule has 2 fully saturated rings. The van der Waals surface area contributed by atoms with Crippen molar-refractivity contribution < 1.29 is 19.0 Å². The maximum absolute atomic E-state index is 12.4. The molecule has 0 saturated carbocycles. The third-order valence-electron chi connectivity index (χ3n) is 4.87. The number of carbonyl (C=O) groups excluding carboxylic acids is 1. The SMILES string of the molecule is COc1cccc(NC(=O)c2ccc(N3CCC4(CC3)OCCO4)nn2)c1. The lowest BCUT2D eigenvalue weighted by atomic mass is 10.0. The molecule has 1 spiro atoms. The summed E-state index contributed by atoms with van der Waals surface area (Å²) < 4.78 is 16.6. The zero-order chi connectivity index (χ0) is 18.7. The van der Waals surface area contributed by atoms with Gasteiger partial charge in [-0.3, -0.25) is 4.79 Å². The van der Waals surface area contributed by atoms with E-state index in [2.05, 4.69) is 20.4 Å². The molecule has 0 aliphatic carbocycles. The van der Waals surface area contributed by atoms with Gasteiger partial charge in [0.25, 0.3) is 5.91 Å². The van der Waals surface area contributed by atoms with Crippen LogP contribution in [0.4, 0.5) is 11.5 Å². The van der Waals surface area contributed by atoms with Crippen molar-refractivity contribution in [1.82, 2.24) is 10.2 Å². The van der Waals surface area contributed by atoms with E-state index in [-0.39, 0.29) is 11.6 Å². The Morgan fingerprint density at radius 1 is 1.15 bits per heavy atom. The maximum Gasteiger partial charge on any atom is 0.276 e. The average Bonchev–Trinajstić information content (AvgIpc) is 3.17. The lowest BCUT2D eigenvalue weighted by Crippen LogP contribution is -2.45. The molecule has 3 heterocycles. The second-order valence-electron chi connectivity index (χ2n) is 6.56. The number of nitrogens with zero attached hydrogens (tertiary/aromatic N) is 3. The smallest absolute Gasteiger partial charge is 0.276 e. The molecule has 1 aromatic heterocycles. The van der Waals surface area contributed by atoms with Crippen LogP contribution >= 0.6 is 0 Å².